The maximum Gasteiger partial charge on any atom is 0.326 e. The summed E-state index contributed by atoms with van der Waals surface area (Å²) in [6, 6.07) is -1.01. The Morgan fingerprint density at radius 1 is 1.43 bits per heavy atom. The molecule has 0 aliphatic rings. The first-order valence-corrected chi connectivity index (χ1v) is 4.45. The van der Waals surface area contributed by atoms with E-state index < -0.39 is 12.0 Å². The second-order valence-electron chi connectivity index (χ2n) is 2.86. The van der Waals surface area contributed by atoms with Gasteiger partial charge < -0.3 is 21.3 Å². The minimum absolute atomic E-state index is 0.0176. The van der Waals surface area contributed by atoms with Gasteiger partial charge in [-0.25, -0.2) is 4.79 Å². The summed E-state index contributed by atoms with van der Waals surface area (Å²) in [6.07, 6.45) is 0.757. The van der Waals surface area contributed by atoms with Gasteiger partial charge in [-0.1, -0.05) is 0 Å². The number of aliphatic carboxylic acids is 1. The SMILES string of the molecule is NCCCC(=O)N[C@H](CCO)C(=O)O. The first kappa shape index (κ1) is 12.9. The molecule has 1 atom stereocenters. The molecule has 0 bridgehead atoms. The van der Waals surface area contributed by atoms with Gasteiger partial charge in [-0.2, -0.15) is 0 Å². The average Bonchev–Trinajstić information content (AvgIpc) is 2.14. The quantitative estimate of drug-likeness (QED) is 0.410. The van der Waals surface area contributed by atoms with Gasteiger partial charge in [-0.3, -0.25) is 4.79 Å². The zero-order valence-electron chi connectivity index (χ0n) is 7.90. The number of carbonyl (C=O) groups is 2. The molecule has 1 amide bonds. The number of amides is 1. The van der Waals surface area contributed by atoms with Crippen molar-refractivity contribution in [3.63, 3.8) is 0 Å². The van der Waals surface area contributed by atoms with Crippen LogP contribution in [0.1, 0.15) is 19.3 Å². The molecule has 0 aromatic rings. The molecule has 82 valence electrons. The molecule has 0 saturated carbocycles. The molecule has 0 fully saturated rings. The van der Waals surface area contributed by atoms with Crippen molar-refractivity contribution in [2.24, 2.45) is 5.73 Å². The monoisotopic (exact) mass is 204 g/mol. The first-order chi connectivity index (χ1) is 6.61. The van der Waals surface area contributed by atoms with Crippen LogP contribution < -0.4 is 11.1 Å². The topological polar surface area (TPSA) is 113 Å². The van der Waals surface area contributed by atoms with E-state index in [1.165, 1.54) is 0 Å². The highest BCUT2D eigenvalue weighted by Gasteiger charge is 2.18. The second-order valence-corrected chi connectivity index (χ2v) is 2.86. The van der Waals surface area contributed by atoms with E-state index in [4.69, 9.17) is 15.9 Å². The van der Waals surface area contributed by atoms with Gasteiger partial charge in [-0.05, 0) is 13.0 Å². The average molecular weight is 204 g/mol. The summed E-state index contributed by atoms with van der Waals surface area (Å²) < 4.78 is 0. The van der Waals surface area contributed by atoms with Crippen molar-refractivity contribution in [3.05, 3.63) is 0 Å². The summed E-state index contributed by atoms with van der Waals surface area (Å²) in [6.45, 7) is 0.124. The number of rotatable bonds is 7. The van der Waals surface area contributed by atoms with Crippen LogP contribution in [-0.4, -0.2) is 41.3 Å². The smallest absolute Gasteiger partial charge is 0.326 e. The minimum atomic E-state index is -1.14. The van der Waals surface area contributed by atoms with Crippen molar-refractivity contribution < 1.29 is 19.8 Å². The summed E-state index contributed by atoms with van der Waals surface area (Å²) in [5.74, 6) is -1.49. The van der Waals surface area contributed by atoms with Crippen molar-refractivity contribution in [1.29, 1.82) is 0 Å². The Morgan fingerprint density at radius 3 is 2.50 bits per heavy atom. The Morgan fingerprint density at radius 2 is 2.07 bits per heavy atom. The highest BCUT2D eigenvalue weighted by molar-refractivity contribution is 5.83. The maximum absolute atomic E-state index is 11.1. The largest absolute Gasteiger partial charge is 0.480 e. The number of carbonyl (C=O) groups excluding carboxylic acids is 1. The van der Waals surface area contributed by atoms with E-state index in [0.29, 0.717) is 13.0 Å². The normalized spacial score (nSPS) is 12.1. The lowest BCUT2D eigenvalue weighted by atomic mass is 10.2. The van der Waals surface area contributed by atoms with Gasteiger partial charge in [-0.15, -0.1) is 0 Å². The second kappa shape index (κ2) is 7.28. The first-order valence-electron chi connectivity index (χ1n) is 4.45. The molecular formula is C8H16N2O4. The Bertz CT molecular complexity index is 196. The van der Waals surface area contributed by atoms with Crippen LogP contribution in [0, 0.1) is 0 Å². The Labute approximate surface area is 82.1 Å². The zero-order valence-corrected chi connectivity index (χ0v) is 7.90. The lowest BCUT2D eigenvalue weighted by Gasteiger charge is -2.12. The molecule has 6 heteroatoms. The number of hydrogen-bond acceptors (Lipinski definition) is 4. The van der Waals surface area contributed by atoms with Crippen molar-refractivity contribution in [2.75, 3.05) is 13.2 Å². The van der Waals surface area contributed by atoms with Crippen LogP contribution in [0.5, 0.6) is 0 Å². The molecule has 0 aromatic carbocycles. The number of nitrogens with one attached hydrogen (secondary N) is 1. The fourth-order valence-corrected chi connectivity index (χ4v) is 0.916. The van der Waals surface area contributed by atoms with Gasteiger partial charge in [0.15, 0.2) is 0 Å². The third-order valence-electron chi connectivity index (χ3n) is 1.66. The third kappa shape index (κ3) is 5.50. The molecule has 0 spiro atoms. The maximum atomic E-state index is 11.1. The molecule has 5 N–H and O–H groups in total. The van der Waals surface area contributed by atoms with Gasteiger partial charge in [0.1, 0.15) is 6.04 Å². The van der Waals surface area contributed by atoms with Gasteiger partial charge in [0, 0.05) is 19.4 Å². The lowest BCUT2D eigenvalue weighted by molar-refractivity contribution is -0.142. The molecule has 0 unspecified atom stereocenters. The molecular weight excluding hydrogens is 188 g/mol. The van der Waals surface area contributed by atoms with Gasteiger partial charge in [0.25, 0.3) is 0 Å². The molecule has 0 rings (SSSR count). The molecule has 0 heterocycles. The predicted octanol–water partition coefficient (Wildman–Crippen LogP) is -1.32. The van der Waals surface area contributed by atoms with E-state index in [-0.39, 0.29) is 25.4 Å². The van der Waals surface area contributed by atoms with Crippen molar-refractivity contribution in [1.82, 2.24) is 5.32 Å². The van der Waals surface area contributed by atoms with Gasteiger partial charge in [0.2, 0.25) is 5.91 Å². The summed E-state index contributed by atoms with van der Waals surface area (Å²) in [5, 5.41) is 19.5. The summed E-state index contributed by atoms with van der Waals surface area (Å²) in [7, 11) is 0. The molecule has 0 aliphatic heterocycles. The third-order valence-corrected chi connectivity index (χ3v) is 1.66. The Hall–Kier alpha value is -1.14. The van der Waals surface area contributed by atoms with E-state index >= 15 is 0 Å². The van der Waals surface area contributed by atoms with Crippen LogP contribution in [0.3, 0.4) is 0 Å². The molecule has 6 nitrogen and oxygen atoms in total. The van der Waals surface area contributed by atoms with Gasteiger partial charge >= 0.3 is 5.97 Å². The van der Waals surface area contributed by atoms with E-state index in [1.54, 1.807) is 0 Å². The van der Waals surface area contributed by atoms with E-state index in [1.807, 2.05) is 0 Å². The molecule has 0 radical (unpaired) electrons. The predicted molar refractivity (Wildman–Crippen MR) is 49.6 cm³/mol. The van der Waals surface area contributed by atoms with Crippen LogP contribution >= 0.6 is 0 Å². The van der Waals surface area contributed by atoms with Crippen LogP contribution in [0.15, 0.2) is 0 Å². The fraction of sp³-hybridized carbons (Fsp3) is 0.750. The highest BCUT2D eigenvalue weighted by atomic mass is 16.4. The standard InChI is InChI=1S/C8H16N2O4/c9-4-1-2-7(12)10-6(3-5-11)8(13)14/h6,11H,1-5,9H2,(H,10,12)(H,13,14)/t6-/m1/s1. The number of nitrogens with two attached hydrogens (primary N) is 1. The number of aliphatic hydroxyl groups is 1. The summed E-state index contributed by atoms with van der Waals surface area (Å²) >= 11 is 0. The van der Waals surface area contributed by atoms with Gasteiger partial charge in [0.05, 0.1) is 0 Å². The Kier molecular flexibility index (Phi) is 6.69. The van der Waals surface area contributed by atoms with Crippen LogP contribution in [0.2, 0.25) is 0 Å². The summed E-state index contributed by atoms with van der Waals surface area (Å²) in [5.41, 5.74) is 5.19. The minimum Gasteiger partial charge on any atom is -0.480 e. The van der Waals surface area contributed by atoms with E-state index in [9.17, 15) is 9.59 Å². The van der Waals surface area contributed by atoms with Crippen molar-refractivity contribution >= 4 is 11.9 Å². The fourth-order valence-electron chi connectivity index (χ4n) is 0.916. The number of aliphatic hydroxyl groups excluding tert-OH is 1. The number of carboxylic acid groups (broad SMARTS) is 1. The van der Waals surface area contributed by atoms with E-state index in [0.717, 1.165) is 0 Å². The number of carboxylic acids is 1. The van der Waals surface area contributed by atoms with Crippen LogP contribution in [0.4, 0.5) is 0 Å². The molecule has 0 aliphatic carbocycles. The molecule has 0 aromatic heterocycles. The summed E-state index contributed by atoms with van der Waals surface area (Å²) in [4.78, 5) is 21.6. The lowest BCUT2D eigenvalue weighted by Crippen LogP contribution is -2.41. The molecule has 14 heavy (non-hydrogen) atoms. The van der Waals surface area contributed by atoms with Crippen LogP contribution in [0.25, 0.3) is 0 Å². The van der Waals surface area contributed by atoms with Crippen LogP contribution in [-0.2, 0) is 9.59 Å². The number of hydrogen-bond donors (Lipinski definition) is 4. The van der Waals surface area contributed by atoms with Crippen molar-refractivity contribution in [3.8, 4) is 0 Å². The van der Waals surface area contributed by atoms with Crippen molar-refractivity contribution in [2.45, 2.75) is 25.3 Å². The highest BCUT2D eigenvalue weighted by Crippen LogP contribution is 1.94. The Balaban J connectivity index is 3.90. The molecule has 0 saturated heterocycles. The zero-order chi connectivity index (χ0) is 11.0. The van der Waals surface area contributed by atoms with E-state index in [2.05, 4.69) is 5.32 Å².